The van der Waals surface area contributed by atoms with Gasteiger partial charge in [0.15, 0.2) is 0 Å². The Kier molecular flexibility index (Phi) is 5.73. The number of benzene rings is 1. The first-order valence-corrected chi connectivity index (χ1v) is 13.0. The largest absolute Gasteiger partial charge is 0.497 e. The molecular formula is C30H24FN7O2. The third-order valence-electron chi connectivity index (χ3n) is 7.41. The molecular weight excluding hydrogens is 509 g/mol. The van der Waals surface area contributed by atoms with Gasteiger partial charge in [0, 0.05) is 51.8 Å². The van der Waals surface area contributed by atoms with Crippen LogP contribution < -0.4 is 10.1 Å². The Labute approximate surface area is 227 Å². The van der Waals surface area contributed by atoms with Crippen LogP contribution in [0.25, 0.3) is 55.7 Å². The number of rotatable bonds is 6. The number of aromatic nitrogens is 6. The summed E-state index contributed by atoms with van der Waals surface area (Å²) >= 11 is 0. The zero-order valence-corrected chi connectivity index (χ0v) is 21.5. The summed E-state index contributed by atoms with van der Waals surface area (Å²) in [5.74, 6) is 0.143. The summed E-state index contributed by atoms with van der Waals surface area (Å²) < 4.78 is 19.5. The molecule has 1 fully saturated rings. The van der Waals surface area contributed by atoms with Crippen LogP contribution in [-0.2, 0) is 4.79 Å². The second-order valence-corrected chi connectivity index (χ2v) is 9.95. The second-order valence-electron chi connectivity index (χ2n) is 9.95. The van der Waals surface area contributed by atoms with Gasteiger partial charge < -0.3 is 15.0 Å². The molecule has 1 saturated carbocycles. The number of fused-ring (bicyclic) bond motifs is 2. The average molecular weight is 534 g/mol. The topological polar surface area (TPSA) is 121 Å². The van der Waals surface area contributed by atoms with E-state index in [4.69, 9.17) is 4.74 Å². The first-order valence-electron chi connectivity index (χ1n) is 13.0. The lowest BCUT2D eigenvalue weighted by atomic mass is 9.85. The number of anilines is 1. The first kappa shape index (κ1) is 24.0. The van der Waals surface area contributed by atoms with Gasteiger partial charge in [0.25, 0.3) is 0 Å². The Hall–Kier alpha value is -5.12. The van der Waals surface area contributed by atoms with Gasteiger partial charge in [-0.1, -0.05) is 6.42 Å². The normalized spacial score (nSPS) is 13.4. The number of carbonyl (C=O) groups is 1. The number of hydrogen-bond donors (Lipinski definition) is 3. The minimum absolute atomic E-state index is 0.0371. The molecule has 0 unspecified atom stereocenters. The molecule has 9 nitrogen and oxygen atoms in total. The first-order chi connectivity index (χ1) is 19.6. The van der Waals surface area contributed by atoms with Crippen LogP contribution in [0.3, 0.4) is 0 Å². The van der Waals surface area contributed by atoms with Gasteiger partial charge in [-0.05, 0) is 49.2 Å². The van der Waals surface area contributed by atoms with Crippen LogP contribution in [-0.4, -0.2) is 43.2 Å². The highest BCUT2D eigenvalue weighted by Crippen LogP contribution is 2.35. The summed E-state index contributed by atoms with van der Waals surface area (Å²) in [6.45, 7) is 0. The van der Waals surface area contributed by atoms with Gasteiger partial charge >= 0.3 is 0 Å². The van der Waals surface area contributed by atoms with Gasteiger partial charge in [0.05, 0.1) is 47.8 Å². The maximum atomic E-state index is 14.3. The summed E-state index contributed by atoms with van der Waals surface area (Å²) in [5.41, 5.74) is 6.47. The van der Waals surface area contributed by atoms with E-state index in [9.17, 15) is 9.18 Å². The number of halogens is 1. The molecule has 0 bridgehead atoms. The number of aromatic amines is 2. The van der Waals surface area contributed by atoms with E-state index in [2.05, 4.69) is 35.5 Å². The maximum Gasteiger partial charge on any atom is 0.227 e. The van der Waals surface area contributed by atoms with Crippen molar-refractivity contribution in [2.24, 2.45) is 5.92 Å². The van der Waals surface area contributed by atoms with Crippen molar-refractivity contribution in [2.75, 3.05) is 12.4 Å². The molecule has 0 spiro atoms. The van der Waals surface area contributed by atoms with E-state index in [-0.39, 0.29) is 11.8 Å². The van der Waals surface area contributed by atoms with Crippen LogP contribution in [0.1, 0.15) is 19.3 Å². The number of ether oxygens (including phenoxy) is 1. The van der Waals surface area contributed by atoms with Crippen molar-refractivity contribution in [3.8, 4) is 39.7 Å². The molecule has 40 heavy (non-hydrogen) atoms. The zero-order chi connectivity index (χ0) is 27.2. The molecule has 0 aliphatic heterocycles. The number of nitrogens with one attached hydrogen (secondary N) is 3. The number of amides is 1. The van der Waals surface area contributed by atoms with Gasteiger partial charge in [-0.3, -0.25) is 24.8 Å². The van der Waals surface area contributed by atoms with Crippen molar-refractivity contribution in [1.82, 2.24) is 30.1 Å². The van der Waals surface area contributed by atoms with Crippen molar-refractivity contribution in [2.45, 2.75) is 19.3 Å². The quantitative estimate of drug-likeness (QED) is 0.237. The van der Waals surface area contributed by atoms with Crippen LogP contribution >= 0.6 is 0 Å². The average Bonchev–Trinajstić information content (AvgIpc) is 3.55. The molecule has 198 valence electrons. The summed E-state index contributed by atoms with van der Waals surface area (Å²) in [5, 5.41) is 12.3. The van der Waals surface area contributed by atoms with Crippen LogP contribution in [0.2, 0.25) is 0 Å². The van der Waals surface area contributed by atoms with Crippen molar-refractivity contribution in [1.29, 1.82) is 0 Å². The summed E-state index contributed by atoms with van der Waals surface area (Å²) in [4.78, 5) is 29.3. The van der Waals surface area contributed by atoms with E-state index in [0.29, 0.717) is 34.1 Å². The Morgan fingerprint density at radius 2 is 1.85 bits per heavy atom. The van der Waals surface area contributed by atoms with Crippen LogP contribution in [0.5, 0.6) is 5.75 Å². The molecule has 1 aliphatic rings. The Morgan fingerprint density at radius 3 is 2.67 bits per heavy atom. The van der Waals surface area contributed by atoms with Gasteiger partial charge in [0.2, 0.25) is 5.91 Å². The molecule has 1 aromatic carbocycles. The minimum atomic E-state index is -0.400. The number of hydrogen-bond acceptors (Lipinski definition) is 6. The molecule has 6 aromatic rings. The van der Waals surface area contributed by atoms with Gasteiger partial charge in [-0.15, -0.1) is 0 Å². The highest BCUT2D eigenvalue weighted by molar-refractivity contribution is 6.00. The lowest BCUT2D eigenvalue weighted by Gasteiger charge is -2.24. The minimum Gasteiger partial charge on any atom is -0.497 e. The van der Waals surface area contributed by atoms with E-state index >= 15 is 0 Å². The van der Waals surface area contributed by atoms with Crippen molar-refractivity contribution in [3.63, 3.8) is 0 Å². The Bertz CT molecular complexity index is 1910. The molecule has 7 rings (SSSR count). The molecule has 10 heteroatoms. The van der Waals surface area contributed by atoms with Crippen molar-refractivity contribution >= 4 is 33.4 Å². The number of methoxy groups -OCH3 is 1. The van der Waals surface area contributed by atoms with Gasteiger partial charge in [-0.2, -0.15) is 5.10 Å². The molecule has 1 aliphatic carbocycles. The molecule has 3 N–H and O–H groups in total. The molecule has 0 atom stereocenters. The molecule has 5 aromatic heterocycles. The standard InChI is InChI=1S/C30H24FN7O2/c1-40-21-9-17(7-19(31)10-21)28-22-12-26(36-24(22)5-6-33-28)29-23-11-25(34-15-27(23)37-38-29)18-8-20(14-32-13-18)35-30(39)16-3-2-4-16/h5-16,36H,2-4H2,1H3,(H,35,39)(H,37,38). The maximum absolute atomic E-state index is 14.3. The number of carbonyl (C=O) groups excluding carboxylic acids is 1. The Balaban J connectivity index is 1.26. The predicted molar refractivity (Wildman–Crippen MR) is 150 cm³/mol. The number of H-pyrrole nitrogens is 2. The Morgan fingerprint density at radius 1 is 0.975 bits per heavy atom. The van der Waals surface area contributed by atoms with E-state index in [1.165, 1.54) is 19.2 Å². The van der Waals surface area contributed by atoms with Crippen molar-refractivity contribution < 1.29 is 13.9 Å². The zero-order valence-electron chi connectivity index (χ0n) is 21.5. The fourth-order valence-corrected chi connectivity index (χ4v) is 5.07. The summed E-state index contributed by atoms with van der Waals surface area (Å²) in [6.07, 6.45) is 9.75. The highest BCUT2D eigenvalue weighted by Gasteiger charge is 2.25. The van der Waals surface area contributed by atoms with Gasteiger partial charge in [0.1, 0.15) is 17.3 Å². The van der Waals surface area contributed by atoms with Gasteiger partial charge in [-0.25, -0.2) is 4.39 Å². The van der Waals surface area contributed by atoms with E-state index < -0.39 is 5.82 Å². The lowest BCUT2D eigenvalue weighted by Crippen LogP contribution is -2.28. The summed E-state index contributed by atoms with van der Waals surface area (Å²) in [7, 11) is 1.50. The molecule has 5 heterocycles. The number of pyridine rings is 3. The van der Waals surface area contributed by atoms with Crippen LogP contribution in [0, 0.1) is 11.7 Å². The van der Waals surface area contributed by atoms with Crippen molar-refractivity contribution in [3.05, 3.63) is 73.1 Å². The monoisotopic (exact) mass is 533 g/mol. The highest BCUT2D eigenvalue weighted by atomic mass is 19.1. The molecule has 0 radical (unpaired) electrons. The molecule has 0 saturated heterocycles. The SMILES string of the molecule is COc1cc(F)cc(-c2nccc3[nH]c(-c4n[nH]c5cnc(-c6cncc(NC(=O)C7CCC7)c6)cc45)cc23)c1. The predicted octanol–water partition coefficient (Wildman–Crippen LogP) is 6.12. The number of nitrogens with zero attached hydrogens (tertiary/aromatic N) is 4. The summed E-state index contributed by atoms with van der Waals surface area (Å²) in [6, 6.07) is 12.2. The lowest BCUT2D eigenvalue weighted by molar-refractivity contribution is -0.122. The molecule has 1 amide bonds. The van der Waals surface area contributed by atoms with E-state index in [0.717, 1.165) is 52.3 Å². The second kappa shape index (κ2) is 9.57. The van der Waals surface area contributed by atoms with E-state index in [1.807, 2.05) is 24.3 Å². The third-order valence-corrected chi connectivity index (χ3v) is 7.41. The van der Waals surface area contributed by atoms with Crippen LogP contribution in [0.15, 0.2) is 67.3 Å². The van der Waals surface area contributed by atoms with Crippen LogP contribution in [0.4, 0.5) is 10.1 Å². The third kappa shape index (κ3) is 4.23. The smallest absolute Gasteiger partial charge is 0.227 e. The fraction of sp³-hybridized carbons (Fsp3) is 0.167. The fourth-order valence-electron chi connectivity index (χ4n) is 5.07. The van der Waals surface area contributed by atoms with E-state index in [1.54, 1.807) is 30.9 Å².